The Balaban J connectivity index is 1.14. The fourth-order valence-electron chi connectivity index (χ4n) is 11.4. The lowest BCUT2D eigenvalue weighted by Gasteiger charge is -2.37. The van der Waals surface area contributed by atoms with Crippen LogP contribution in [0.5, 0.6) is 11.5 Å². The van der Waals surface area contributed by atoms with Crippen LogP contribution in [0.4, 0.5) is 0 Å². The molecule has 0 aliphatic heterocycles. The molecule has 0 N–H and O–H groups in total. The highest BCUT2D eigenvalue weighted by molar-refractivity contribution is 7.20. The van der Waals surface area contributed by atoms with Gasteiger partial charge in [-0.1, -0.05) is 265 Å². The second kappa shape index (κ2) is 22.3. The summed E-state index contributed by atoms with van der Waals surface area (Å²) in [4.78, 5) is 4.71. The van der Waals surface area contributed by atoms with E-state index >= 15 is 0 Å². The summed E-state index contributed by atoms with van der Waals surface area (Å²) in [5.74, 6) is 0.302. The Labute approximate surface area is 561 Å². The van der Waals surface area contributed by atoms with E-state index in [0.717, 1.165) is 12.3 Å². The number of imidazole rings is 1. The van der Waals surface area contributed by atoms with Crippen molar-refractivity contribution in [3.05, 3.63) is 307 Å². The number of hydrogen-bond acceptors (Lipinski definition) is 2. The van der Waals surface area contributed by atoms with Gasteiger partial charge >= 0.3 is 0 Å². The van der Waals surface area contributed by atoms with Crippen LogP contribution in [0.1, 0.15) is 106 Å². The molecule has 0 spiro atoms. The predicted octanol–water partition coefficient (Wildman–Crippen LogP) is 17.6. The second-order valence-corrected chi connectivity index (χ2v) is 26.7. The maximum absolute atomic E-state index is 10.2. The van der Waals surface area contributed by atoms with Crippen molar-refractivity contribution in [1.82, 2.24) is 14.1 Å². The second-order valence-electron chi connectivity index (χ2n) is 23.2. The first-order valence-electron chi connectivity index (χ1n) is 43.5. The van der Waals surface area contributed by atoms with E-state index in [1.807, 2.05) is 53.7 Å². The van der Waals surface area contributed by atoms with Crippen molar-refractivity contribution in [2.75, 3.05) is 0 Å². The molecule has 5 nitrogen and oxygen atoms in total. The summed E-state index contributed by atoms with van der Waals surface area (Å²) in [5.41, 5.74) is -1.20. The third kappa shape index (κ3) is 10.0. The van der Waals surface area contributed by atoms with Crippen molar-refractivity contribution in [2.45, 2.75) is 66.1 Å². The van der Waals surface area contributed by atoms with Gasteiger partial charge in [-0.3, -0.25) is 13.7 Å². The van der Waals surface area contributed by atoms with Gasteiger partial charge in [0.25, 0.3) is 6.33 Å². The molecule has 428 valence electrons. The highest BCUT2D eigenvalue weighted by Crippen LogP contribution is 2.40. The topological polar surface area (TPSA) is 35.9 Å². The third-order valence-electron chi connectivity index (χ3n) is 15.6. The Morgan fingerprint density at radius 2 is 1.09 bits per heavy atom. The molecular formula is C82H70N4OSi. The van der Waals surface area contributed by atoms with Crippen molar-refractivity contribution in [3.8, 4) is 62.1 Å². The summed E-state index contributed by atoms with van der Waals surface area (Å²) >= 11 is 0. The van der Waals surface area contributed by atoms with E-state index in [-0.39, 0.29) is 78.7 Å². The number of fused-ring (bicyclic) bond motifs is 4. The molecule has 0 atom stereocenters. The zero-order chi connectivity index (χ0) is 87.1. The summed E-state index contributed by atoms with van der Waals surface area (Å²) in [5, 5.41) is -2.10. The smallest absolute Gasteiger partial charge is 0.269 e. The van der Waals surface area contributed by atoms with Gasteiger partial charge in [0.15, 0.2) is 8.07 Å². The lowest BCUT2D eigenvalue weighted by Crippen LogP contribution is -2.76. The van der Waals surface area contributed by atoms with Gasteiger partial charge in [-0.2, -0.15) is 0 Å². The molecule has 0 saturated carbocycles. The minimum absolute atomic E-state index is 0.00157. The van der Waals surface area contributed by atoms with Crippen molar-refractivity contribution < 1.29 is 51.8 Å². The minimum atomic E-state index is -6.41. The number of benzene rings is 11. The van der Waals surface area contributed by atoms with E-state index in [1.54, 1.807) is 77.4 Å². The van der Waals surface area contributed by atoms with Crippen molar-refractivity contribution >= 4 is 61.7 Å². The molecule has 0 unspecified atom stereocenters. The lowest BCUT2D eigenvalue weighted by atomic mass is 9.78. The molecular weight excluding hydrogens is 1090 g/mol. The van der Waals surface area contributed by atoms with Crippen LogP contribution >= 0.6 is 0 Å². The van der Waals surface area contributed by atoms with Crippen molar-refractivity contribution in [3.63, 3.8) is 0 Å². The molecule has 0 fully saturated rings. The van der Waals surface area contributed by atoms with Crippen LogP contribution in [-0.2, 0) is 10.8 Å². The van der Waals surface area contributed by atoms with Gasteiger partial charge in [0.1, 0.15) is 17.3 Å². The Kier molecular flexibility index (Phi) is 7.85. The minimum Gasteiger partial charge on any atom is -0.458 e. The molecule has 0 bridgehead atoms. The average molecular weight is 1190 g/mol. The quantitative estimate of drug-likeness (QED) is 0.0529. The molecule has 0 radical (unpaired) electrons. The lowest BCUT2D eigenvalue weighted by molar-refractivity contribution is -0.570. The number of nitrogens with zero attached hydrogens (tertiary/aromatic N) is 4. The zero-order valence-corrected chi connectivity index (χ0v) is 49.3. The summed E-state index contributed by atoms with van der Waals surface area (Å²) in [7, 11) is -6.41. The van der Waals surface area contributed by atoms with E-state index in [9.17, 15) is 23.3 Å². The number of aryl methyl sites for hydroxylation is 2. The number of rotatable bonds is 12. The van der Waals surface area contributed by atoms with Crippen molar-refractivity contribution in [1.29, 1.82) is 0 Å². The van der Waals surface area contributed by atoms with Crippen LogP contribution in [0, 0.1) is 20.0 Å². The Hall–Kier alpha value is -10.1. The first-order valence-corrected chi connectivity index (χ1v) is 30.0. The Bertz CT molecular complexity index is 6390. The Morgan fingerprint density at radius 1 is 0.489 bits per heavy atom. The molecule has 0 aliphatic carbocycles. The zero-order valence-electron chi connectivity index (χ0n) is 79.3. The van der Waals surface area contributed by atoms with E-state index in [0.29, 0.717) is 32.9 Å². The first-order chi connectivity index (χ1) is 55.5. The molecule has 11 aromatic carbocycles. The highest BCUT2D eigenvalue weighted by atomic mass is 28.3. The summed E-state index contributed by atoms with van der Waals surface area (Å²) < 4.78 is 299. The third-order valence-corrected chi connectivity index (χ3v) is 19.8. The number of para-hydroxylation sites is 1. The molecule has 6 heteroatoms. The largest absolute Gasteiger partial charge is 0.458 e. The maximum Gasteiger partial charge on any atom is 0.269 e. The molecule has 0 aliphatic rings. The highest BCUT2D eigenvalue weighted by Gasteiger charge is 2.44. The monoisotopic (exact) mass is 1190 g/mol. The fourth-order valence-corrected chi connectivity index (χ4v) is 15.4. The Morgan fingerprint density at radius 3 is 1.72 bits per heavy atom. The van der Waals surface area contributed by atoms with Crippen LogP contribution in [0.15, 0.2) is 279 Å². The van der Waals surface area contributed by atoms with Gasteiger partial charge in [-0.25, -0.2) is 4.98 Å². The van der Waals surface area contributed by atoms with Gasteiger partial charge in [0.2, 0.25) is 0 Å². The van der Waals surface area contributed by atoms with Crippen LogP contribution in [0.25, 0.3) is 83.4 Å². The SMILES string of the molecule is [2H]c1c([2H])c([2H])c(-c2ccc3c(c2)n(-c2cccc(Oc4ccc5c6ccccc6n(-c6cc(C([2H])([2H])[2H])c(-c7c([2H])c([2H])c([2H])c([2H])c7[2H])cn6)c5c4)c2)[c-][n+]3-c2c(-c3cc(C(C)(C)C)cc(C(C)(C)C)c3)cc(C([2H])([2H])[2H])cc2[Si](c2c([2H])c([2H])c([2H])c([2H])c2[2H])(c2c([2H])c([2H])c([2H])c([2H])c2[2H])c2c([2H])c([2H])c([2H])c([2H])c2[2H])c([2H])c1[2H]. The molecule has 14 rings (SSSR count). The number of ether oxygens (including phenoxy) is 1. The van der Waals surface area contributed by atoms with Crippen LogP contribution < -0.4 is 30.1 Å². The van der Waals surface area contributed by atoms with Gasteiger partial charge in [0, 0.05) is 36.8 Å². The summed E-state index contributed by atoms with van der Waals surface area (Å²) in [6.45, 7) is 5.31. The number of aromatic nitrogens is 4. The summed E-state index contributed by atoms with van der Waals surface area (Å²) in [6.07, 6.45) is 4.59. The molecule has 14 aromatic rings. The molecule has 88 heavy (non-hydrogen) atoms. The van der Waals surface area contributed by atoms with Crippen LogP contribution in [-0.4, -0.2) is 22.2 Å². The van der Waals surface area contributed by atoms with Gasteiger partial charge in [0.05, 0.1) is 67.7 Å². The van der Waals surface area contributed by atoms with E-state index in [2.05, 4.69) is 6.33 Å². The van der Waals surface area contributed by atoms with Gasteiger partial charge in [-0.15, -0.1) is 0 Å². The maximum atomic E-state index is 10.2. The molecule has 3 aromatic heterocycles. The molecule has 0 saturated heterocycles. The summed E-state index contributed by atoms with van der Waals surface area (Å²) in [6, 6.07) is 8.77. The van der Waals surface area contributed by atoms with Gasteiger partial charge < -0.3 is 4.74 Å². The normalized spacial score (nSPS) is 17.4. The van der Waals surface area contributed by atoms with E-state index < -0.39 is 210 Å². The molecule has 0 amide bonds. The number of pyridine rings is 1. The van der Waals surface area contributed by atoms with Crippen LogP contribution in [0.2, 0.25) is 0 Å². The first kappa shape index (κ1) is 31.0. The van der Waals surface area contributed by atoms with Crippen LogP contribution in [0.3, 0.4) is 0 Å². The predicted molar refractivity (Wildman–Crippen MR) is 369 cm³/mol. The standard InChI is InChI=1S/C82H70N4OSi/c1-56-45-72(61-48-62(81(3,4)5)51-63(49-61)82(6,7)8)80(78(46-56)88(67-33-18-11-19-34-67,68-35-20-12-21-36-68)69-37-22-13-23-38-69)85-55-84(77-50-60(41-44-75(77)85)58-27-14-9-15-28-58)64-31-26-32-65(52-64)87-66-42-43-71-70-39-24-25-40-74(70)86(76(71)53-66)79-47-57(2)73(54-83-79)59-29-16-10-17-30-59/h9-54H,1-8H3/i1D3,2D3,9D,10D,11D,12D,13D,14D,15D,16D,17D,18D,19D,20D,21D,22D,23D,27D,28D,29D,30D,33D,34D,35D,36D,37D,38D. The van der Waals surface area contributed by atoms with Crippen molar-refractivity contribution in [2.24, 2.45) is 0 Å². The fraction of sp³-hybridized carbons (Fsp3) is 0.122. The number of hydrogen-bond donors (Lipinski definition) is 0. The average Bonchev–Trinajstić information content (AvgIpc) is 1.32. The van der Waals surface area contributed by atoms with E-state index in [4.69, 9.17) is 28.9 Å². The van der Waals surface area contributed by atoms with Gasteiger partial charge in [-0.05, 0) is 138 Å². The van der Waals surface area contributed by atoms with E-state index in [1.165, 1.54) is 39.5 Å². The molecule has 3 heterocycles.